The molecule has 2 aromatic rings. The number of hydrogen-bond donors (Lipinski definition) is 4. The second-order valence-electron chi connectivity index (χ2n) is 9.40. The molecule has 0 aliphatic heterocycles. The third-order valence-corrected chi connectivity index (χ3v) is 6.71. The number of aliphatic hydroxyl groups excluding tert-OH is 1. The Morgan fingerprint density at radius 1 is 1.11 bits per heavy atom. The van der Waals surface area contributed by atoms with Gasteiger partial charge in [-0.2, -0.15) is 0 Å². The first kappa shape index (κ1) is 27.3. The molecule has 0 heterocycles. The highest BCUT2D eigenvalue weighted by atomic mass is 19.1. The molecule has 0 aromatic heterocycles. The van der Waals surface area contributed by atoms with Crippen LogP contribution < -0.4 is 16.0 Å². The van der Waals surface area contributed by atoms with Crippen LogP contribution in [0.15, 0.2) is 78.1 Å². The fraction of sp³-hybridized carbons (Fsp3) is 0.379. The van der Waals surface area contributed by atoms with E-state index in [1.807, 2.05) is 61.5 Å². The highest BCUT2D eigenvalue weighted by Crippen LogP contribution is 2.28. The van der Waals surface area contributed by atoms with Crippen molar-refractivity contribution in [3.05, 3.63) is 89.3 Å². The van der Waals surface area contributed by atoms with Crippen LogP contribution in [0.3, 0.4) is 0 Å². The zero-order valence-corrected chi connectivity index (χ0v) is 21.2. The van der Waals surface area contributed by atoms with Crippen molar-refractivity contribution in [2.45, 2.75) is 64.1 Å². The van der Waals surface area contributed by atoms with Gasteiger partial charge >= 0.3 is 0 Å². The summed E-state index contributed by atoms with van der Waals surface area (Å²) in [4.78, 5) is 24.8. The largest absolute Gasteiger partial charge is 0.386 e. The Kier molecular flexibility index (Phi) is 9.56. The molecule has 6 nitrogen and oxygen atoms in total. The number of benzene rings is 2. The predicted octanol–water partition coefficient (Wildman–Crippen LogP) is 4.74. The molecule has 0 spiro atoms. The Morgan fingerprint density at radius 3 is 2.44 bits per heavy atom. The van der Waals surface area contributed by atoms with E-state index in [0.29, 0.717) is 18.7 Å². The number of rotatable bonds is 11. The maximum Gasteiger partial charge on any atom is 0.254 e. The summed E-state index contributed by atoms with van der Waals surface area (Å²) in [6, 6.07) is 16.3. The predicted molar refractivity (Wildman–Crippen MR) is 141 cm³/mol. The third-order valence-electron chi connectivity index (χ3n) is 6.71. The minimum absolute atomic E-state index is 0.0191. The first-order valence-electron chi connectivity index (χ1n) is 12.5. The summed E-state index contributed by atoms with van der Waals surface area (Å²) in [7, 11) is 0. The maximum absolute atomic E-state index is 13.9. The standard InChI is InChI=1S/C29H36FN3O3/c1-4-29(3,26(34)22-10-6-5-7-11-22)31-19-18-21-14-16-23(17-15-21)33-27(35)20(2)32-28(36)24-12-8-9-13-25(24)30/h5-8,10-12,14-17,20,26,31,34H,4,9,13,18-19H2,1-3H3,(H,32,36)(H,33,35)/t20-,26+,29?/m0/s1. The quantitative estimate of drug-likeness (QED) is 0.364. The van der Waals surface area contributed by atoms with E-state index in [9.17, 15) is 19.1 Å². The van der Waals surface area contributed by atoms with Crippen LogP contribution in [0.5, 0.6) is 0 Å². The van der Waals surface area contributed by atoms with E-state index in [1.54, 1.807) is 13.0 Å². The van der Waals surface area contributed by atoms with Crippen LogP contribution in [0.1, 0.15) is 57.3 Å². The molecule has 36 heavy (non-hydrogen) atoms. The van der Waals surface area contributed by atoms with Crippen molar-refractivity contribution in [1.82, 2.24) is 10.6 Å². The molecule has 1 unspecified atom stereocenters. The molecule has 1 aliphatic rings. The molecule has 0 bridgehead atoms. The molecule has 0 fully saturated rings. The smallest absolute Gasteiger partial charge is 0.254 e. The lowest BCUT2D eigenvalue weighted by Crippen LogP contribution is -2.47. The van der Waals surface area contributed by atoms with Gasteiger partial charge in [0.15, 0.2) is 0 Å². The van der Waals surface area contributed by atoms with Crippen molar-refractivity contribution in [2.24, 2.45) is 0 Å². The van der Waals surface area contributed by atoms with E-state index in [2.05, 4.69) is 22.9 Å². The summed E-state index contributed by atoms with van der Waals surface area (Å²) in [6.07, 6.45) is 4.87. The minimum atomic E-state index is -0.820. The van der Waals surface area contributed by atoms with Gasteiger partial charge in [0, 0.05) is 17.6 Å². The topological polar surface area (TPSA) is 90.5 Å². The first-order valence-corrected chi connectivity index (χ1v) is 12.5. The van der Waals surface area contributed by atoms with Gasteiger partial charge in [-0.05, 0) is 62.9 Å². The van der Waals surface area contributed by atoms with Crippen molar-refractivity contribution in [2.75, 3.05) is 11.9 Å². The van der Waals surface area contributed by atoms with Crippen molar-refractivity contribution < 1.29 is 19.1 Å². The van der Waals surface area contributed by atoms with Gasteiger partial charge in [0.05, 0.1) is 11.7 Å². The Labute approximate surface area is 212 Å². The summed E-state index contributed by atoms with van der Waals surface area (Å²) >= 11 is 0. The van der Waals surface area contributed by atoms with E-state index < -0.39 is 29.4 Å². The number of halogens is 1. The fourth-order valence-corrected chi connectivity index (χ4v) is 4.09. The fourth-order valence-electron chi connectivity index (χ4n) is 4.09. The first-order chi connectivity index (χ1) is 17.2. The number of anilines is 1. The van der Waals surface area contributed by atoms with Crippen LogP contribution >= 0.6 is 0 Å². The van der Waals surface area contributed by atoms with Crippen LogP contribution in [0, 0.1) is 0 Å². The van der Waals surface area contributed by atoms with Gasteiger partial charge in [0.2, 0.25) is 5.91 Å². The zero-order chi connectivity index (χ0) is 26.1. The van der Waals surface area contributed by atoms with Gasteiger partial charge in [-0.3, -0.25) is 9.59 Å². The number of aliphatic hydroxyl groups is 1. The van der Waals surface area contributed by atoms with Gasteiger partial charge < -0.3 is 21.1 Å². The Bertz CT molecular complexity index is 1100. The average molecular weight is 494 g/mol. The molecule has 0 radical (unpaired) electrons. The molecule has 192 valence electrons. The lowest BCUT2D eigenvalue weighted by atomic mass is 9.86. The van der Waals surface area contributed by atoms with Gasteiger partial charge in [0.1, 0.15) is 11.9 Å². The number of allylic oxidation sites excluding steroid dienone is 2. The second-order valence-corrected chi connectivity index (χ2v) is 9.40. The molecular weight excluding hydrogens is 457 g/mol. The maximum atomic E-state index is 13.9. The molecule has 2 amide bonds. The van der Waals surface area contributed by atoms with E-state index in [0.717, 1.165) is 24.0 Å². The lowest BCUT2D eigenvalue weighted by Gasteiger charge is -2.35. The van der Waals surface area contributed by atoms with Gasteiger partial charge in [-0.1, -0.05) is 61.5 Å². The summed E-state index contributed by atoms with van der Waals surface area (Å²) in [5, 5.41) is 19.7. The second kappa shape index (κ2) is 12.6. The van der Waals surface area contributed by atoms with Crippen LogP contribution in [0.4, 0.5) is 10.1 Å². The van der Waals surface area contributed by atoms with E-state index >= 15 is 0 Å². The molecule has 3 atom stereocenters. The normalized spacial score (nSPS) is 16.7. The van der Waals surface area contributed by atoms with Crippen molar-refractivity contribution >= 4 is 17.5 Å². The molecule has 0 saturated heterocycles. The molecule has 4 N–H and O–H groups in total. The van der Waals surface area contributed by atoms with Gasteiger partial charge in [-0.15, -0.1) is 0 Å². The van der Waals surface area contributed by atoms with Gasteiger partial charge in [0.25, 0.3) is 5.91 Å². The summed E-state index contributed by atoms with van der Waals surface area (Å²) < 4.78 is 13.9. The van der Waals surface area contributed by atoms with Crippen LogP contribution in [-0.4, -0.2) is 35.0 Å². The highest BCUT2D eigenvalue weighted by Gasteiger charge is 2.31. The van der Waals surface area contributed by atoms with Crippen molar-refractivity contribution in [3.8, 4) is 0 Å². The van der Waals surface area contributed by atoms with E-state index in [-0.39, 0.29) is 17.9 Å². The van der Waals surface area contributed by atoms with Crippen molar-refractivity contribution in [1.29, 1.82) is 0 Å². The van der Waals surface area contributed by atoms with E-state index in [4.69, 9.17) is 0 Å². The van der Waals surface area contributed by atoms with Crippen LogP contribution in [-0.2, 0) is 16.0 Å². The van der Waals surface area contributed by atoms with Crippen LogP contribution in [0.2, 0.25) is 0 Å². The molecule has 2 aromatic carbocycles. The number of nitrogens with one attached hydrogen (secondary N) is 3. The summed E-state index contributed by atoms with van der Waals surface area (Å²) in [5.74, 6) is -1.43. The number of hydrogen-bond acceptors (Lipinski definition) is 4. The minimum Gasteiger partial charge on any atom is -0.386 e. The number of carbonyl (C=O) groups is 2. The lowest BCUT2D eigenvalue weighted by molar-refractivity contribution is -0.123. The monoisotopic (exact) mass is 493 g/mol. The number of amides is 2. The molecular formula is C29H36FN3O3. The summed E-state index contributed by atoms with van der Waals surface area (Å²) in [5.41, 5.74) is 2.10. The Hall–Kier alpha value is -3.29. The molecule has 3 rings (SSSR count). The zero-order valence-electron chi connectivity index (χ0n) is 21.2. The van der Waals surface area contributed by atoms with Gasteiger partial charge in [-0.25, -0.2) is 4.39 Å². The average Bonchev–Trinajstić information content (AvgIpc) is 2.89. The summed E-state index contributed by atoms with van der Waals surface area (Å²) in [6.45, 7) is 6.33. The molecule has 0 saturated carbocycles. The van der Waals surface area contributed by atoms with Crippen molar-refractivity contribution in [3.63, 3.8) is 0 Å². The molecule has 1 aliphatic carbocycles. The third kappa shape index (κ3) is 7.12. The highest BCUT2D eigenvalue weighted by molar-refractivity contribution is 6.02. The Balaban J connectivity index is 1.49. The van der Waals surface area contributed by atoms with E-state index in [1.165, 1.54) is 6.08 Å². The molecule has 7 heteroatoms. The SMILES string of the molecule is CCC(C)(NCCc1ccc(NC(=O)[C@H](C)NC(=O)C2=C(F)CCC=C2)cc1)[C@H](O)c1ccccc1. The van der Waals surface area contributed by atoms with Crippen LogP contribution in [0.25, 0.3) is 0 Å². The Morgan fingerprint density at radius 2 is 1.81 bits per heavy atom. The number of carbonyl (C=O) groups excluding carboxylic acids is 2.